The minimum Gasteiger partial charge on any atom is -0.385 e. The van der Waals surface area contributed by atoms with Crippen molar-refractivity contribution in [2.24, 2.45) is 0 Å². The highest BCUT2D eigenvalue weighted by Gasteiger charge is 2.37. The maximum absolute atomic E-state index is 11.0. The molecule has 0 amide bonds. The molecule has 7 heteroatoms. The first-order valence-electron chi connectivity index (χ1n) is 6.00. The minimum atomic E-state index is -1.25. The Morgan fingerprint density at radius 3 is 2.40 bits per heavy atom. The quantitative estimate of drug-likeness (QED) is 0.823. The van der Waals surface area contributed by atoms with E-state index < -0.39 is 9.93 Å². The molecule has 108 valence electrons. The van der Waals surface area contributed by atoms with Gasteiger partial charge >= 0.3 is 0 Å². The lowest BCUT2D eigenvalue weighted by atomic mass is 9.85. The zero-order chi connectivity index (χ0) is 14.8. The van der Waals surface area contributed by atoms with Crippen molar-refractivity contribution >= 4 is 34.8 Å². The van der Waals surface area contributed by atoms with Crippen LogP contribution in [0.15, 0.2) is 30.5 Å². The molecule has 4 nitrogen and oxygen atoms in total. The first-order chi connectivity index (χ1) is 9.28. The summed E-state index contributed by atoms with van der Waals surface area (Å²) in [5.41, 5.74) is 0.0529. The maximum Gasteiger partial charge on any atom is 0.118 e. The fourth-order valence-electron chi connectivity index (χ4n) is 2.15. The molecule has 1 heterocycles. The fraction of sp³-hybridized carbons (Fsp3) is 0.385. The molecule has 0 saturated carbocycles. The van der Waals surface area contributed by atoms with E-state index in [0.29, 0.717) is 16.3 Å². The number of rotatable bonds is 5. The Labute approximate surface area is 132 Å². The average molecular weight is 335 g/mol. The predicted molar refractivity (Wildman–Crippen MR) is 80.2 cm³/mol. The molecule has 0 fully saturated rings. The van der Waals surface area contributed by atoms with Gasteiger partial charge in [-0.3, -0.25) is 5.10 Å². The van der Waals surface area contributed by atoms with Crippen molar-refractivity contribution in [2.45, 2.75) is 29.7 Å². The second-order valence-corrected chi connectivity index (χ2v) is 7.23. The van der Waals surface area contributed by atoms with Crippen molar-refractivity contribution in [3.8, 4) is 0 Å². The first kappa shape index (κ1) is 15.6. The van der Waals surface area contributed by atoms with Gasteiger partial charge < -0.3 is 5.11 Å². The van der Waals surface area contributed by atoms with Crippen LogP contribution in [0, 0.1) is 0 Å². The summed E-state index contributed by atoms with van der Waals surface area (Å²) in [7, 11) is 0. The molecular formula is C13H14Cl3N3O. The summed E-state index contributed by atoms with van der Waals surface area (Å²) in [6.07, 6.45) is 2.03. The smallest absolute Gasteiger partial charge is 0.118 e. The van der Waals surface area contributed by atoms with Crippen LogP contribution in [-0.4, -0.2) is 24.9 Å². The molecular weight excluding hydrogens is 321 g/mol. The van der Waals surface area contributed by atoms with Crippen molar-refractivity contribution in [2.75, 3.05) is 0 Å². The molecule has 20 heavy (non-hydrogen) atoms. The Morgan fingerprint density at radius 1 is 1.25 bits per heavy atom. The summed E-state index contributed by atoms with van der Waals surface area (Å²) in [4.78, 5) is 0. The summed E-state index contributed by atoms with van der Waals surface area (Å²) in [5, 5.41) is 21.7. The van der Waals surface area contributed by atoms with E-state index in [0.717, 1.165) is 0 Å². The number of hydrogen-bond donors (Lipinski definition) is 2. The summed E-state index contributed by atoms with van der Waals surface area (Å²) in [6, 6.07) is 6.93. The van der Waals surface area contributed by atoms with Crippen LogP contribution in [0.5, 0.6) is 0 Å². The minimum absolute atomic E-state index is 0.150. The van der Waals surface area contributed by atoms with E-state index in [2.05, 4.69) is 15.4 Å². The molecule has 1 aromatic heterocycles. The number of nitrogens with zero attached hydrogens (tertiary/aromatic N) is 2. The topological polar surface area (TPSA) is 61.8 Å². The SMILES string of the molecule is CC(Cl)(Cl)CC(O)(Cc1c[nH]nn1)c1ccc(Cl)cc1. The average Bonchev–Trinajstić information content (AvgIpc) is 2.79. The van der Waals surface area contributed by atoms with Crippen LogP contribution in [0.2, 0.25) is 5.02 Å². The molecule has 0 bridgehead atoms. The Morgan fingerprint density at radius 2 is 1.90 bits per heavy atom. The molecule has 0 saturated heterocycles. The number of benzene rings is 1. The van der Waals surface area contributed by atoms with E-state index in [1.165, 1.54) is 0 Å². The Kier molecular flexibility index (Phi) is 4.59. The Balaban J connectivity index is 2.34. The summed E-state index contributed by atoms with van der Waals surface area (Å²) < 4.78 is -1.07. The lowest BCUT2D eigenvalue weighted by Gasteiger charge is -2.32. The second kappa shape index (κ2) is 5.90. The van der Waals surface area contributed by atoms with Gasteiger partial charge in [0.05, 0.1) is 11.3 Å². The van der Waals surface area contributed by atoms with Gasteiger partial charge in [-0.1, -0.05) is 28.9 Å². The third kappa shape index (κ3) is 4.09. The van der Waals surface area contributed by atoms with Gasteiger partial charge in [-0.2, -0.15) is 0 Å². The number of nitrogens with one attached hydrogen (secondary N) is 1. The number of aromatic amines is 1. The van der Waals surface area contributed by atoms with Gasteiger partial charge in [0.2, 0.25) is 0 Å². The predicted octanol–water partition coefficient (Wildman–Crippen LogP) is 3.47. The summed E-state index contributed by atoms with van der Waals surface area (Å²) >= 11 is 18.0. The molecule has 0 aliphatic rings. The number of aromatic nitrogens is 3. The maximum atomic E-state index is 11.0. The van der Waals surface area contributed by atoms with Crippen LogP contribution in [0.4, 0.5) is 0 Å². The van der Waals surface area contributed by atoms with Crippen molar-refractivity contribution in [1.29, 1.82) is 0 Å². The van der Waals surface area contributed by atoms with Crippen molar-refractivity contribution < 1.29 is 5.11 Å². The van der Waals surface area contributed by atoms with Crippen molar-refractivity contribution in [3.05, 3.63) is 46.7 Å². The molecule has 1 atom stereocenters. The van der Waals surface area contributed by atoms with E-state index in [1.54, 1.807) is 37.4 Å². The van der Waals surface area contributed by atoms with Gasteiger partial charge in [-0.05, 0) is 24.6 Å². The Hall–Kier alpha value is -0.810. The van der Waals surface area contributed by atoms with Crippen LogP contribution in [0.3, 0.4) is 0 Å². The van der Waals surface area contributed by atoms with E-state index in [-0.39, 0.29) is 12.8 Å². The van der Waals surface area contributed by atoms with E-state index in [9.17, 15) is 5.11 Å². The molecule has 0 aliphatic carbocycles. The summed E-state index contributed by atoms with van der Waals surface area (Å²) in [5.74, 6) is 0. The highest BCUT2D eigenvalue weighted by molar-refractivity contribution is 6.48. The zero-order valence-electron chi connectivity index (χ0n) is 10.8. The fourth-order valence-corrected chi connectivity index (χ4v) is 2.72. The van der Waals surface area contributed by atoms with Gasteiger partial charge in [-0.15, -0.1) is 28.3 Å². The van der Waals surface area contributed by atoms with Crippen molar-refractivity contribution in [1.82, 2.24) is 15.4 Å². The molecule has 0 spiro atoms. The van der Waals surface area contributed by atoms with Gasteiger partial charge in [0, 0.05) is 24.1 Å². The highest BCUT2D eigenvalue weighted by Crippen LogP contribution is 2.38. The molecule has 2 rings (SSSR count). The lowest BCUT2D eigenvalue weighted by Crippen LogP contribution is -2.34. The van der Waals surface area contributed by atoms with E-state index in [4.69, 9.17) is 34.8 Å². The third-order valence-electron chi connectivity index (χ3n) is 2.93. The van der Waals surface area contributed by atoms with E-state index >= 15 is 0 Å². The summed E-state index contributed by atoms with van der Waals surface area (Å²) in [6.45, 7) is 1.64. The molecule has 0 radical (unpaired) electrons. The molecule has 2 N–H and O–H groups in total. The lowest BCUT2D eigenvalue weighted by molar-refractivity contribution is 0.0238. The number of halogens is 3. The molecule has 2 aromatic rings. The van der Waals surface area contributed by atoms with Crippen LogP contribution >= 0.6 is 34.8 Å². The zero-order valence-corrected chi connectivity index (χ0v) is 13.0. The number of H-pyrrole nitrogens is 1. The van der Waals surface area contributed by atoms with Crippen LogP contribution in [0.1, 0.15) is 24.6 Å². The van der Waals surface area contributed by atoms with Gasteiger partial charge in [0.15, 0.2) is 0 Å². The number of aliphatic hydroxyl groups is 1. The number of alkyl halides is 2. The van der Waals surface area contributed by atoms with Crippen LogP contribution < -0.4 is 0 Å². The normalized spacial score (nSPS) is 15.1. The van der Waals surface area contributed by atoms with Gasteiger partial charge in [0.25, 0.3) is 0 Å². The second-order valence-electron chi connectivity index (χ2n) is 4.93. The molecule has 0 aliphatic heterocycles. The third-order valence-corrected chi connectivity index (χ3v) is 3.44. The largest absolute Gasteiger partial charge is 0.385 e. The Bertz CT molecular complexity index is 551. The number of hydrogen-bond acceptors (Lipinski definition) is 3. The molecule has 1 aromatic carbocycles. The van der Waals surface area contributed by atoms with Crippen LogP contribution in [0.25, 0.3) is 0 Å². The highest BCUT2D eigenvalue weighted by atomic mass is 35.5. The van der Waals surface area contributed by atoms with Crippen LogP contribution in [-0.2, 0) is 12.0 Å². The standard InChI is InChI=1S/C13H14Cl3N3O/c1-12(15,16)8-13(20,6-11-7-17-19-18-11)9-2-4-10(14)5-3-9/h2-5,7,20H,6,8H2,1H3,(H,17,18,19). The van der Waals surface area contributed by atoms with E-state index in [1.807, 2.05) is 0 Å². The molecule has 1 unspecified atom stereocenters. The first-order valence-corrected chi connectivity index (χ1v) is 7.13. The monoisotopic (exact) mass is 333 g/mol. The van der Waals surface area contributed by atoms with Gasteiger partial charge in [0.1, 0.15) is 4.33 Å². The van der Waals surface area contributed by atoms with Crippen molar-refractivity contribution in [3.63, 3.8) is 0 Å². The van der Waals surface area contributed by atoms with Gasteiger partial charge in [-0.25, -0.2) is 0 Å².